The fraction of sp³-hybridized carbons (Fsp3) is 0.750. The molecular formula is C16H22F3N3O3. The fourth-order valence-corrected chi connectivity index (χ4v) is 3.40. The van der Waals surface area contributed by atoms with Crippen molar-refractivity contribution in [3.05, 3.63) is 18.0 Å². The van der Waals surface area contributed by atoms with Gasteiger partial charge in [-0.25, -0.2) is 4.79 Å². The largest absolute Gasteiger partial charge is 0.447 e. The summed E-state index contributed by atoms with van der Waals surface area (Å²) in [5, 5.41) is 3.85. The maximum Gasteiger partial charge on any atom is 0.419 e. The van der Waals surface area contributed by atoms with E-state index in [2.05, 4.69) is 5.10 Å². The van der Waals surface area contributed by atoms with Crippen molar-refractivity contribution < 1.29 is 27.4 Å². The number of ether oxygens (including phenoxy) is 2. The van der Waals surface area contributed by atoms with Crippen LogP contribution in [-0.2, 0) is 15.7 Å². The lowest BCUT2D eigenvalue weighted by molar-refractivity contribution is -0.137. The minimum Gasteiger partial charge on any atom is -0.447 e. The molecule has 2 saturated heterocycles. The van der Waals surface area contributed by atoms with Gasteiger partial charge in [0, 0.05) is 25.7 Å². The molecule has 1 aromatic heterocycles. The van der Waals surface area contributed by atoms with Crippen LogP contribution in [0.2, 0.25) is 0 Å². The van der Waals surface area contributed by atoms with Crippen LogP contribution >= 0.6 is 0 Å². The van der Waals surface area contributed by atoms with E-state index in [1.807, 2.05) is 0 Å². The zero-order chi connectivity index (χ0) is 18.2. The van der Waals surface area contributed by atoms with Crippen LogP contribution in [0.15, 0.2) is 12.4 Å². The molecule has 2 aliphatic rings. The van der Waals surface area contributed by atoms with Gasteiger partial charge in [0.1, 0.15) is 0 Å². The maximum absolute atomic E-state index is 12.7. The van der Waals surface area contributed by atoms with E-state index < -0.39 is 17.3 Å². The Bertz CT molecular complexity index is 622. The molecule has 3 rings (SSSR count). The summed E-state index contributed by atoms with van der Waals surface area (Å²) in [6, 6.07) is -0.217. The van der Waals surface area contributed by atoms with E-state index in [1.54, 1.807) is 18.7 Å². The highest BCUT2D eigenvalue weighted by Gasteiger charge is 2.45. The molecule has 1 aromatic rings. The molecule has 9 heteroatoms. The average molecular weight is 361 g/mol. The summed E-state index contributed by atoms with van der Waals surface area (Å²) >= 11 is 0. The summed E-state index contributed by atoms with van der Waals surface area (Å²) in [4.78, 5) is 13.6. The van der Waals surface area contributed by atoms with Crippen LogP contribution in [0.3, 0.4) is 0 Å². The molecule has 2 fully saturated rings. The number of aromatic nitrogens is 2. The first-order valence-electron chi connectivity index (χ1n) is 8.39. The highest BCUT2D eigenvalue weighted by atomic mass is 19.4. The van der Waals surface area contributed by atoms with Gasteiger partial charge in [-0.05, 0) is 26.7 Å². The van der Waals surface area contributed by atoms with Crippen molar-refractivity contribution in [2.45, 2.75) is 57.0 Å². The van der Waals surface area contributed by atoms with Gasteiger partial charge in [0.15, 0.2) is 0 Å². The van der Waals surface area contributed by atoms with Gasteiger partial charge in [-0.15, -0.1) is 0 Å². The van der Waals surface area contributed by atoms with Crippen LogP contribution in [0.4, 0.5) is 18.0 Å². The molecule has 1 atom stereocenters. The number of piperidine rings is 1. The Labute approximate surface area is 143 Å². The van der Waals surface area contributed by atoms with E-state index in [0.717, 1.165) is 12.4 Å². The maximum atomic E-state index is 12.7. The van der Waals surface area contributed by atoms with E-state index in [9.17, 15) is 18.0 Å². The minimum atomic E-state index is -4.39. The summed E-state index contributed by atoms with van der Waals surface area (Å²) in [5.74, 6) is 0. The Kier molecular flexibility index (Phi) is 4.70. The van der Waals surface area contributed by atoms with Crippen molar-refractivity contribution in [2.75, 3.05) is 19.7 Å². The van der Waals surface area contributed by atoms with Crippen LogP contribution in [0.5, 0.6) is 0 Å². The van der Waals surface area contributed by atoms with Gasteiger partial charge in [-0.2, -0.15) is 18.3 Å². The summed E-state index contributed by atoms with van der Waals surface area (Å²) in [6.45, 7) is 4.96. The number of carbonyl (C=O) groups is 1. The molecule has 0 saturated carbocycles. The van der Waals surface area contributed by atoms with Gasteiger partial charge in [-0.3, -0.25) is 4.68 Å². The lowest BCUT2D eigenvalue weighted by Crippen LogP contribution is -2.47. The number of carbonyl (C=O) groups excluding carboxylic acids is 1. The lowest BCUT2D eigenvalue weighted by atomic mass is 9.87. The van der Waals surface area contributed by atoms with Gasteiger partial charge >= 0.3 is 12.3 Å². The van der Waals surface area contributed by atoms with E-state index >= 15 is 0 Å². The SMILES string of the molecule is CC(C)OC(=O)N1CCC2(CC1)CC(n1cc(C(F)(F)F)cn1)CO2. The number of halogens is 3. The van der Waals surface area contributed by atoms with Gasteiger partial charge in [0.25, 0.3) is 0 Å². The molecule has 1 unspecified atom stereocenters. The van der Waals surface area contributed by atoms with Gasteiger partial charge in [-0.1, -0.05) is 0 Å². The van der Waals surface area contributed by atoms with Crippen molar-refractivity contribution >= 4 is 6.09 Å². The Balaban J connectivity index is 1.58. The number of hydrogen-bond donors (Lipinski definition) is 0. The molecule has 3 heterocycles. The van der Waals surface area contributed by atoms with Crippen LogP contribution in [0, 0.1) is 0 Å². The van der Waals surface area contributed by atoms with E-state index in [4.69, 9.17) is 9.47 Å². The zero-order valence-electron chi connectivity index (χ0n) is 14.3. The summed E-state index contributed by atoms with van der Waals surface area (Å²) < 4.78 is 50.6. The molecule has 1 amide bonds. The molecule has 25 heavy (non-hydrogen) atoms. The second kappa shape index (κ2) is 6.51. The Morgan fingerprint density at radius 1 is 1.40 bits per heavy atom. The molecule has 0 N–H and O–H groups in total. The third kappa shape index (κ3) is 3.91. The average Bonchev–Trinajstić information content (AvgIpc) is 3.14. The summed E-state index contributed by atoms with van der Waals surface area (Å²) in [5.41, 5.74) is -1.15. The summed E-state index contributed by atoms with van der Waals surface area (Å²) in [7, 11) is 0. The van der Waals surface area contributed by atoms with E-state index in [0.29, 0.717) is 39.0 Å². The van der Waals surface area contributed by atoms with Crippen LogP contribution < -0.4 is 0 Å². The number of alkyl halides is 3. The number of amides is 1. The van der Waals surface area contributed by atoms with Crippen molar-refractivity contribution in [3.8, 4) is 0 Å². The molecule has 2 aliphatic heterocycles. The first-order chi connectivity index (χ1) is 11.7. The predicted octanol–water partition coefficient (Wildman–Crippen LogP) is 3.24. The van der Waals surface area contributed by atoms with Crippen molar-refractivity contribution in [1.82, 2.24) is 14.7 Å². The van der Waals surface area contributed by atoms with E-state index in [1.165, 1.54) is 4.68 Å². The van der Waals surface area contributed by atoms with Gasteiger partial charge < -0.3 is 14.4 Å². The molecule has 1 spiro atoms. The first-order valence-corrected chi connectivity index (χ1v) is 8.39. The summed E-state index contributed by atoms with van der Waals surface area (Å²) in [6.07, 6.45) is -1.14. The predicted molar refractivity (Wildman–Crippen MR) is 82.0 cm³/mol. The minimum absolute atomic E-state index is 0.168. The highest BCUT2D eigenvalue weighted by molar-refractivity contribution is 5.67. The monoisotopic (exact) mass is 361 g/mol. The molecule has 0 aromatic carbocycles. The zero-order valence-corrected chi connectivity index (χ0v) is 14.3. The van der Waals surface area contributed by atoms with Crippen LogP contribution in [0.25, 0.3) is 0 Å². The van der Waals surface area contributed by atoms with Crippen molar-refractivity contribution in [2.24, 2.45) is 0 Å². The standard InChI is InChI=1S/C16H22F3N3O3/c1-11(2)25-14(23)21-5-3-15(4-6-21)7-13(10-24-15)22-9-12(8-20-22)16(17,18)19/h8-9,11,13H,3-7,10H2,1-2H3. The number of nitrogens with zero attached hydrogens (tertiary/aromatic N) is 3. The second-order valence-electron chi connectivity index (χ2n) is 6.98. The molecule has 0 aliphatic carbocycles. The number of hydrogen-bond acceptors (Lipinski definition) is 4. The molecule has 6 nitrogen and oxygen atoms in total. The Morgan fingerprint density at radius 2 is 2.08 bits per heavy atom. The second-order valence-corrected chi connectivity index (χ2v) is 6.98. The topological polar surface area (TPSA) is 56.6 Å². The lowest BCUT2D eigenvalue weighted by Gasteiger charge is -2.38. The number of likely N-dealkylation sites (tertiary alicyclic amines) is 1. The number of rotatable bonds is 2. The first kappa shape index (κ1) is 18.0. The highest BCUT2D eigenvalue weighted by Crippen LogP contribution is 2.41. The third-order valence-electron chi connectivity index (χ3n) is 4.76. The Hall–Kier alpha value is -1.77. The molecule has 0 radical (unpaired) electrons. The quantitative estimate of drug-likeness (QED) is 0.811. The normalized spacial score (nSPS) is 23.4. The molecule has 0 bridgehead atoms. The smallest absolute Gasteiger partial charge is 0.419 e. The Morgan fingerprint density at radius 3 is 2.64 bits per heavy atom. The molecular weight excluding hydrogens is 339 g/mol. The molecule has 140 valence electrons. The van der Waals surface area contributed by atoms with Crippen LogP contribution in [-0.4, -0.2) is 52.2 Å². The van der Waals surface area contributed by atoms with E-state index in [-0.39, 0.29) is 18.2 Å². The van der Waals surface area contributed by atoms with Gasteiger partial charge in [0.05, 0.1) is 36.1 Å². The third-order valence-corrected chi connectivity index (χ3v) is 4.76. The van der Waals surface area contributed by atoms with Crippen LogP contribution in [0.1, 0.15) is 44.7 Å². The van der Waals surface area contributed by atoms with Crippen molar-refractivity contribution in [1.29, 1.82) is 0 Å². The van der Waals surface area contributed by atoms with Crippen molar-refractivity contribution in [3.63, 3.8) is 0 Å². The van der Waals surface area contributed by atoms with Gasteiger partial charge in [0.2, 0.25) is 0 Å². The fourth-order valence-electron chi connectivity index (χ4n) is 3.40.